The number of rotatable bonds is 7. The zero-order valence-corrected chi connectivity index (χ0v) is 26.0. The van der Waals surface area contributed by atoms with Crippen molar-refractivity contribution in [1.29, 1.82) is 0 Å². The summed E-state index contributed by atoms with van der Waals surface area (Å²) in [6.45, 7) is 1.98. The number of carbonyl (C=O) groups is 1. The summed E-state index contributed by atoms with van der Waals surface area (Å²) in [5.41, 5.74) is 4.43. The van der Waals surface area contributed by atoms with E-state index in [1.54, 1.807) is 0 Å². The average Bonchev–Trinajstić information content (AvgIpc) is 3.01. The van der Waals surface area contributed by atoms with Gasteiger partial charge in [-0.3, -0.25) is 9.78 Å². The lowest BCUT2D eigenvalue weighted by Gasteiger charge is -2.28. The number of halogens is 1. The Balaban J connectivity index is 0.00000337. The lowest BCUT2D eigenvalue weighted by molar-refractivity contribution is 0.102. The van der Waals surface area contributed by atoms with E-state index in [1.807, 2.05) is 55.5 Å². The Morgan fingerprint density at radius 1 is 0.659 bits per heavy atom. The molecule has 0 saturated heterocycles. The van der Waals surface area contributed by atoms with Crippen molar-refractivity contribution in [2.45, 2.75) is 13.1 Å². The number of amides is 1. The first-order valence-corrected chi connectivity index (χ1v) is 15.4. The van der Waals surface area contributed by atoms with Gasteiger partial charge in [0.1, 0.15) is 23.2 Å². The number of aryl methyl sites for hydroxylation is 1. The summed E-state index contributed by atoms with van der Waals surface area (Å²) in [6.07, 6.45) is 0.813. The van der Waals surface area contributed by atoms with Crippen LogP contribution in [0.25, 0.3) is 10.9 Å². The zero-order valence-electron chi connectivity index (χ0n) is 22.8. The molecule has 6 rings (SSSR count). The van der Waals surface area contributed by atoms with Crippen molar-refractivity contribution in [2.24, 2.45) is 0 Å². The van der Waals surface area contributed by atoms with Crippen LogP contribution in [0.3, 0.4) is 0 Å². The highest BCUT2D eigenvalue weighted by Gasteiger charge is 2.45. The number of nitrogens with zero attached hydrogens (tertiary/aromatic N) is 1. The first-order valence-electron chi connectivity index (χ1n) is 13.4. The lowest BCUT2D eigenvalue weighted by atomic mass is 10.1. The van der Waals surface area contributed by atoms with Crippen molar-refractivity contribution in [3.05, 3.63) is 162 Å². The highest BCUT2D eigenvalue weighted by atomic mass is 127. The molecule has 1 N–H and O–H groups in total. The largest absolute Gasteiger partial charge is 0.322 e. The lowest BCUT2D eigenvalue weighted by Crippen LogP contribution is -2.32. The van der Waals surface area contributed by atoms with Crippen LogP contribution in [-0.2, 0) is 6.16 Å². The van der Waals surface area contributed by atoms with Gasteiger partial charge in [0.25, 0.3) is 5.91 Å². The minimum Gasteiger partial charge on any atom is -0.322 e. The van der Waals surface area contributed by atoms with E-state index in [9.17, 15) is 4.79 Å². The minimum atomic E-state index is -2.06. The molecule has 0 aliphatic rings. The quantitative estimate of drug-likeness (QED) is 0.139. The summed E-state index contributed by atoms with van der Waals surface area (Å²) >= 11 is 0. The average molecular weight is 666 g/mol. The van der Waals surface area contributed by atoms with Crippen LogP contribution in [0.15, 0.2) is 146 Å². The number of nitrogens with one attached hydrogen (secondary N) is 1. The van der Waals surface area contributed by atoms with E-state index in [4.69, 9.17) is 0 Å². The number of anilines is 1. The second kappa shape index (κ2) is 12.8. The minimum absolute atomic E-state index is 0. The molecule has 5 aromatic carbocycles. The Hall–Kier alpha value is -3.86. The topological polar surface area (TPSA) is 42.0 Å². The van der Waals surface area contributed by atoms with Gasteiger partial charge in [-0.1, -0.05) is 72.8 Å². The SMILES string of the molecule is Cc1ccc2cc(NC(=O)c3cccc(C[P+](c4ccccc4)(c4ccccc4)c4ccccc4)c3)ccc2n1.I. The van der Waals surface area contributed by atoms with Gasteiger partial charge in [0.2, 0.25) is 0 Å². The van der Waals surface area contributed by atoms with Gasteiger partial charge in [0.05, 0.1) is 11.7 Å². The smallest absolute Gasteiger partial charge is 0.255 e. The normalized spacial score (nSPS) is 11.0. The van der Waals surface area contributed by atoms with Gasteiger partial charge < -0.3 is 5.32 Å². The number of hydrogen-bond acceptors (Lipinski definition) is 2. The summed E-state index contributed by atoms with van der Waals surface area (Å²) in [5.74, 6) is -0.121. The predicted molar refractivity (Wildman–Crippen MR) is 185 cm³/mol. The Morgan fingerprint density at radius 2 is 1.24 bits per heavy atom. The summed E-state index contributed by atoms with van der Waals surface area (Å²) < 4.78 is 0. The molecule has 1 amide bonds. The van der Waals surface area contributed by atoms with E-state index in [0.29, 0.717) is 5.56 Å². The molecule has 0 fully saturated rings. The number of benzene rings is 5. The molecule has 0 aliphatic heterocycles. The molecule has 1 aromatic heterocycles. The van der Waals surface area contributed by atoms with Gasteiger partial charge in [0, 0.05) is 22.3 Å². The fourth-order valence-electron chi connectivity index (χ4n) is 5.36. The molecule has 0 spiro atoms. The van der Waals surface area contributed by atoms with Crippen LogP contribution in [0.4, 0.5) is 5.69 Å². The molecular formula is C36H31IN2OP+. The predicted octanol–water partition coefficient (Wildman–Crippen LogP) is 7.91. The summed E-state index contributed by atoms with van der Waals surface area (Å²) in [4.78, 5) is 18.0. The van der Waals surface area contributed by atoms with Crippen molar-refractivity contribution >= 4 is 69.7 Å². The molecule has 41 heavy (non-hydrogen) atoms. The van der Waals surface area contributed by atoms with Gasteiger partial charge in [-0.15, -0.1) is 24.0 Å². The van der Waals surface area contributed by atoms with Crippen LogP contribution in [0.1, 0.15) is 21.6 Å². The molecule has 6 aromatic rings. The van der Waals surface area contributed by atoms with E-state index >= 15 is 0 Å². The number of hydrogen-bond donors (Lipinski definition) is 1. The fraction of sp³-hybridized carbons (Fsp3) is 0.0556. The van der Waals surface area contributed by atoms with Crippen molar-refractivity contribution in [3.63, 3.8) is 0 Å². The van der Waals surface area contributed by atoms with Gasteiger partial charge in [-0.2, -0.15) is 0 Å². The summed E-state index contributed by atoms with van der Waals surface area (Å²) in [7, 11) is -2.06. The van der Waals surface area contributed by atoms with E-state index < -0.39 is 7.26 Å². The first kappa shape index (κ1) is 28.7. The van der Waals surface area contributed by atoms with E-state index in [2.05, 4.69) is 107 Å². The van der Waals surface area contributed by atoms with Gasteiger partial charge in [-0.25, -0.2) is 0 Å². The molecule has 0 bridgehead atoms. The fourth-order valence-corrected chi connectivity index (χ4v) is 9.59. The number of fused-ring (bicyclic) bond motifs is 1. The van der Waals surface area contributed by atoms with E-state index in [-0.39, 0.29) is 29.9 Å². The van der Waals surface area contributed by atoms with Crippen LogP contribution >= 0.6 is 31.2 Å². The second-order valence-electron chi connectivity index (χ2n) is 9.99. The molecule has 0 saturated carbocycles. The van der Waals surface area contributed by atoms with Crippen molar-refractivity contribution in [3.8, 4) is 0 Å². The van der Waals surface area contributed by atoms with Crippen LogP contribution in [0.2, 0.25) is 0 Å². The standard InChI is InChI=1S/C36H29N2OP.HI/c1-27-20-21-29-25-31(22-23-35(29)37-27)38-36(39)30-13-11-12-28(24-30)26-40(32-14-5-2-6-15-32,33-16-7-3-8-17-33)34-18-9-4-10-19-34;/h2-25H,26H2,1H3;1H/p+1. The van der Waals surface area contributed by atoms with Gasteiger partial charge in [-0.05, 0) is 85.3 Å². The molecule has 0 aliphatic carbocycles. The third-order valence-corrected chi connectivity index (χ3v) is 11.7. The Bertz CT molecular complexity index is 1680. The summed E-state index contributed by atoms with van der Waals surface area (Å²) in [6, 6.07) is 50.4. The maximum absolute atomic E-state index is 13.4. The van der Waals surface area contributed by atoms with Crippen molar-refractivity contribution in [2.75, 3.05) is 5.32 Å². The molecule has 1 heterocycles. The maximum Gasteiger partial charge on any atom is 0.255 e. The molecule has 0 unspecified atom stereocenters. The van der Waals surface area contributed by atoms with Crippen molar-refractivity contribution in [1.82, 2.24) is 4.98 Å². The summed E-state index contributed by atoms with van der Waals surface area (Å²) in [5, 5.41) is 8.06. The number of carbonyl (C=O) groups excluding carboxylic acids is 1. The van der Waals surface area contributed by atoms with Crippen LogP contribution in [-0.4, -0.2) is 10.9 Å². The molecular weight excluding hydrogens is 634 g/mol. The molecule has 5 heteroatoms. The third kappa shape index (κ3) is 6.09. The Kier molecular flexibility index (Phi) is 8.92. The van der Waals surface area contributed by atoms with E-state index in [1.165, 1.54) is 15.9 Å². The monoisotopic (exact) mass is 665 g/mol. The second-order valence-corrected chi connectivity index (χ2v) is 13.5. The molecule has 3 nitrogen and oxygen atoms in total. The van der Waals surface area contributed by atoms with Gasteiger partial charge >= 0.3 is 0 Å². The Labute approximate surface area is 259 Å². The Morgan fingerprint density at radius 3 is 1.83 bits per heavy atom. The van der Waals surface area contributed by atoms with Crippen LogP contribution in [0, 0.1) is 6.92 Å². The highest BCUT2D eigenvalue weighted by molar-refractivity contribution is 14.0. The van der Waals surface area contributed by atoms with Crippen LogP contribution in [0.5, 0.6) is 0 Å². The van der Waals surface area contributed by atoms with E-state index in [0.717, 1.165) is 34.0 Å². The van der Waals surface area contributed by atoms with Crippen LogP contribution < -0.4 is 21.2 Å². The molecule has 202 valence electrons. The highest BCUT2D eigenvalue weighted by Crippen LogP contribution is 2.58. The van der Waals surface area contributed by atoms with Crippen molar-refractivity contribution < 1.29 is 4.79 Å². The number of pyridine rings is 1. The number of aromatic nitrogens is 1. The molecule has 0 radical (unpaired) electrons. The molecule has 0 atom stereocenters. The first-order chi connectivity index (χ1) is 19.6. The van der Waals surface area contributed by atoms with Gasteiger partial charge in [0.15, 0.2) is 0 Å². The zero-order chi connectivity index (χ0) is 27.4. The third-order valence-electron chi connectivity index (χ3n) is 7.29. The maximum atomic E-state index is 13.4.